The van der Waals surface area contributed by atoms with Crippen LogP contribution in [0, 0.1) is 5.92 Å². The van der Waals surface area contributed by atoms with E-state index in [0.29, 0.717) is 25.5 Å². The van der Waals surface area contributed by atoms with E-state index in [0.717, 1.165) is 25.9 Å². The maximum Gasteiger partial charge on any atom is 0.239 e. The van der Waals surface area contributed by atoms with E-state index in [1.54, 1.807) is 14.2 Å². The Morgan fingerprint density at radius 1 is 1.47 bits per heavy atom. The molecule has 1 saturated heterocycles. The number of carbonyl (C=O) groups is 2. The van der Waals surface area contributed by atoms with Crippen molar-refractivity contribution in [2.75, 3.05) is 46.9 Å². The number of likely N-dealkylation sites (N-methyl/N-ethyl adjacent to an activating group) is 1. The van der Waals surface area contributed by atoms with E-state index in [1.807, 2.05) is 0 Å². The average molecular weight is 271 g/mol. The first-order chi connectivity index (χ1) is 9.13. The molecule has 1 rings (SSSR count). The molecule has 0 aliphatic carbocycles. The predicted octanol–water partition coefficient (Wildman–Crippen LogP) is -0.403. The Bertz CT molecular complexity index is 291. The van der Waals surface area contributed by atoms with Crippen LogP contribution < -0.4 is 10.6 Å². The standard InChI is InChI=1S/C13H25N3O3/c1-16(10-12(17)15-6-7-19-2)13(18)8-11-4-3-5-14-9-11/h11,14H,3-10H2,1-2H3,(H,15,17). The van der Waals surface area contributed by atoms with Crippen molar-refractivity contribution in [3.63, 3.8) is 0 Å². The number of piperidine rings is 1. The number of carbonyl (C=O) groups excluding carboxylic acids is 2. The van der Waals surface area contributed by atoms with Crippen molar-refractivity contribution >= 4 is 11.8 Å². The first-order valence-corrected chi connectivity index (χ1v) is 6.83. The molecule has 19 heavy (non-hydrogen) atoms. The first-order valence-electron chi connectivity index (χ1n) is 6.83. The monoisotopic (exact) mass is 271 g/mol. The van der Waals surface area contributed by atoms with Gasteiger partial charge in [0.1, 0.15) is 0 Å². The minimum Gasteiger partial charge on any atom is -0.383 e. The lowest BCUT2D eigenvalue weighted by Gasteiger charge is -2.24. The van der Waals surface area contributed by atoms with Gasteiger partial charge in [0.25, 0.3) is 0 Å². The molecule has 1 fully saturated rings. The van der Waals surface area contributed by atoms with Crippen LogP contribution in [-0.2, 0) is 14.3 Å². The fraction of sp³-hybridized carbons (Fsp3) is 0.846. The normalized spacial score (nSPS) is 18.9. The third-order valence-electron chi connectivity index (χ3n) is 3.30. The molecule has 0 bridgehead atoms. The Labute approximate surface area is 114 Å². The molecule has 6 heteroatoms. The van der Waals surface area contributed by atoms with E-state index in [2.05, 4.69) is 10.6 Å². The van der Waals surface area contributed by atoms with Crippen LogP contribution in [0.25, 0.3) is 0 Å². The van der Waals surface area contributed by atoms with Gasteiger partial charge in [0, 0.05) is 27.1 Å². The van der Waals surface area contributed by atoms with E-state index in [-0.39, 0.29) is 18.4 Å². The van der Waals surface area contributed by atoms with Crippen molar-refractivity contribution in [1.29, 1.82) is 0 Å². The molecule has 0 aromatic carbocycles. The Hall–Kier alpha value is -1.14. The fourth-order valence-electron chi connectivity index (χ4n) is 2.15. The SMILES string of the molecule is COCCNC(=O)CN(C)C(=O)CC1CCCNC1. The zero-order chi connectivity index (χ0) is 14.1. The van der Waals surface area contributed by atoms with Crippen LogP contribution in [-0.4, -0.2) is 63.7 Å². The minimum atomic E-state index is -0.144. The van der Waals surface area contributed by atoms with Crippen molar-refractivity contribution in [2.45, 2.75) is 19.3 Å². The van der Waals surface area contributed by atoms with Gasteiger partial charge in [-0.1, -0.05) is 0 Å². The van der Waals surface area contributed by atoms with Crippen LogP contribution >= 0.6 is 0 Å². The number of rotatable bonds is 7. The molecule has 0 radical (unpaired) electrons. The maximum absolute atomic E-state index is 12.0. The molecule has 0 saturated carbocycles. The smallest absolute Gasteiger partial charge is 0.239 e. The molecule has 2 N–H and O–H groups in total. The van der Waals surface area contributed by atoms with E-state index in [1.165, 1.54) is 4.90 Å². The van der Waals surface area contributed by atoms with E-state index < -0.39 is 0 Å². The summed E-state index contributed by atoms with van der Waals surface area (Å²) in [5, 5.41) is 5.99. The lowest BCUT2D eigenvalue weighted by Crippen LogP contribution is -2.41. The van der Waals surface area contributed by atoms with Gasteiger partial charge in [0.05, 0.1) is 13.2 Å². The number of ether oxygens (including phenoxy) is 1. The van der Waals surface area contributed by atoms with Gasteiger partial charge in [-0.15, -0.1) is 0 Å². The summed E-state index contributed by atoms with van der Waals surface area (Å²) in [5.74, 6) is 0.297. The Morgan fingerprint density at radius 3 is 2.89 bits per heavy atom. The molecule has 1 atom stereocenters. The molecule has 1 heterocycles. The summed E-state index contributed by atoms with van der Waals surface area (Å²) in [6.07, 6.45) is 2.74. The van der Waals surface area contributed by atoms with Gasteiger partial charge < -0.3 is 20.3 Å². The molecule has 2 amide bonds. The van der Waals surface area contributed by atoms with Gasteiger partial charge in [-0.3, -0.25) is 9.59 Å². The van der Waals surface area contributed by atoms with Gasteiger partial charge in [0.2, 0.25) is 11.8 Å². The van der Waals surface area contributed by atoms with Crippen molar-refractivity contribution in [1.82, 2.24) is 15.5 Å². The van der Waals surface area contributed by atoms with Crippen molar-refractivity contribution in [2.24, 2.45) is 5.92 Å². The number of nitrogens with one attached hydrogen (secondary N) is 2. The molecule has 1 aliphatic heterocycles. The second kappa shape index (κ2) is 8.87. The van der Waals surface area contributed by atoms with Crippen molar-refractivity contribution < 1.29 is 14.3 Å². The summed E-state index contributed by atoms with van der Waals surface area (Å²) in [4.78, 5) is 25.0. The minimum absolute atomic E-state index is 0.0376. The molecule has 0 aromatic rings. The summed E-state index contributed by atoms with van der Waals surface area (Å²) in [6.45, 7) is 3.02. The fourth-order valence-corrected chi connectivity index (χ4v) is 2.15. The summed E-state index contributed by atoms with van der Waals surface area (Å²) >= 11 is 0. The molecule has 0 aromatic heterocycles. The molecule has 1 unspecified atom stereocenters. The van der Waals surface area contributed by atoms with Gasteiger partial charge in [-0.25, -0.2) is 0 Å². The Kier molecular flexibility index (Phi) is 7.43. The van der Waals surface area contributed by atoms with Crippen LogP contribution in [0.1, 0.15) is 19.3 Å². The Morgan fingerprint density at radius 2 is 2.26 bits per heavy atom. The molecular weight excluding hydrogens is 246 g/mol. The van der Waals surface area contributed by atoms with Gasteiger partial charge >= 0.3 is 0 Å². The van der Waals surface area contributed by atoms with Crippen molar-refractivity contribution in [3.05, 3.63) is 0 Å². The highest BCUT2D eigenvalue weighted by atomic mass is 16.5. The summed E-state index contributed by atoms with van der Waals surface area (Å²) in [7, 11) is 3.26. The largest absolute Gasteiger partial charge is 0.383 e. The van der Waals surface area contributed by atoms with E-state index >= 15 is 0 Å². The van der Waals surface area contributed by atoms with Crippen LogP contribution in [0.4, 0.5) is 0 Å². The highest BCUT2D eigenvalue weighted by Crippen LogP contribution is 2.14. The highest BCUT2D eigenvalue weighted by Gasteiger charge is 2.20. The number of nitrogens with zero attached hydrogens (tertiary/aromatic N) is 1. The lowest BCUT2D eigenvalue weighted by atomic mass is 9.96. The quantitative estimate of drug-likeness (QED) is 0.618. The van der Waals surface area contributed by atoms with Crippen LogP contribution in [0.3, 0.4) is 0 Å². The highest BCUT2D eigenvalue weighted by molar-refractivity contribution is 5.84. The predicted molar refractivity (Wildman–Crippen MR) is 72.7 cm³/mol. The summed E-state index contributed by atoms with van der Waals surface area (Å²) in [5.41, 5.74) is 0. The van der Waals surface area contributed by atoms with Gasteiger partial charge in [-0.2, -0.15) is 0 Å². The molecule has 110 valence electrons. The van der Waals surface area contributed by atoms with E-state index in [9.17, 15) is 9.59 Å². The summed E-state index contributed by atoms with van der Waals surface area (Å²) < 4.78 is 4.84. The third kappa shape index (κ3) is 6.54. The second-order valence-corrected chi connectivity index (χ2v) is 5.01. The zero-order valence-electron chi connectivity index (χ0n) is 11.9. The topological polar surface area (TPSA) is 70.7 Å². The van der Waals surface area contributed by atoms with Crippen LogP contribution in [0.15, 0.2) is 0 Å². The first kappa shape index (κ1) is 15.9. The molecule has 0 spiro atoms. The van der Waals surface area contributed by atoms with E-state index in [4.69, 9.17) is 4.74 Å². The maximum atomic E-state index is 12.0. The summed E-state index contributed by atoms with van der Waals surface area (Å²) in [6, 6.07) is 0. The second-order valence-electron chi connectivity index (χ2n) is 5.01. The molecular formula is C13H25N3O3. The van der Waals surface area contributed by atoms with Gasteiger partial charge in [-0.05, 0) is 31.8 Å². The zero-order valence-corrected chi connectivity index (χ0v) is 11.9. The number of hydrogen-bond donors (Lipinski definition) is 2. The third-order valence-corrected chi connectivity index (χ3v) is 3.30. The number of amides is 2. The van der Waals surface area contributed by atoms with Gasteiger partial charge in [0.15, 0.2) is 0 Å². The molecule has 6 nitrogen and oxygen atoms in total. The van der Waals surface area contributed by atoms with Crippen LogP contribution in [0.5, 0.6) is 0 Å². The lowest BCUT2D eigenvalue weighted by molar-refractivity contribution is -0.135. The van der Waals surface area contributed by atoms with Crippen LogP contribution in [0.2, 0.25) is 0 Å². The number of hydrogen-bond acceptors (Lipinski definition) is 4. The average Bonchev–Trinajstić information content (AvgIpc) is 2.40. The Balaban J connectivity index is 2.21. The molecule has 1 aliphatic rings. The number of methoxy groups -OCH3 is 1. The van der Waals surface area contributed by atoms with Crippen molar-refractivity contribution in [3.8, 4) is 0 Å².